The van der Waals surface area contributed by atoms with Crippen LogP contribution in [0.4, 0.5) is 0 Å². The van der Waals surface area contributed by atoms with Gasteiger partial charge in [0.25, 0.3) is 5.91 Å². The normalized spacial score (nSPS) is 14.4. The van der Waals surface area contributed by atoms with E-state index in [2.05, 4.69) is 5.32 Å². The van der Waals surface area contributed by atoms with Gasteiger partial charge in [-0.3, -0.25) is 4.79 Å². The molecule has 0 radical (unpaired) electrons. The average Bonchev–Trinajstić information content (AvgIpc) is 3.04. The second-order valence-electron chi connectivity index (χ2n) is 6.61. The topological polar surface area (TPSA) is 73.9 Å². The van der Waals surface area contributed by atoms with Gasteiger partial charge in [0.15, 0.2) is 11.5 Å². The molecule has 0 saturated carbocycles. The number of carbonyl (C=O) groups excluding carboxylic acids is 2. The number of carbonyl (C=O) groups is 2. The number of esters is 1. The number of hydrogen-bond acceptors (Lipinski definition) is 6. The summed E-state index contributed by atoms with van der Waals surface area (Å²) < 4.78 is 16.1. The second kappa shape index (κ2) is 8.43. The van der Waals surface area contributed by atoms with Crippen LogP contribution >= 0.6 is 11.3 Å². The van der Waals surface area contributed by atoms with Crippen LogP contribution in [-0.2, 0) is 4.74 Å². The van der Waals surface area contributed by atoms with Gasteiger partial charge < -0.3 is 19.5 Å². The lowest BCUT2D eigenvalue weighted by molar-refractivity contribution is 0.0606. The van der Waals surface area contributed by atoms with Crippen molar-refractivity contribution in [1.82, 2.24) is 5.32 Å². The van der Waals surface area contributed by atoms with E-state index in [9.17, 15) is 9.59 Å². The molecule has 0 spiro atoms. The Bertz CT molecular complexity index is 830. The van der Waals surface area contributed by atoms with E-state index in [0.717, 1.165) is 29.1 Å². The molecule has 3 rings (SSSR count). The van der Waals surface area contributed by atoms with Gasteiger partial charge in [-0.2, -0.15) is 0 Å². The van der Waals surface area contributed by atoms with Crippen molar-refractivity contribution in [2.45, 2.75) is 26.3 Å². The van der Waals surface area contributed by atoms with Crippen LogP contribution in [0, 0.1) is 5.92 Å². The highest BCUT2D eigenvalue weighted by atomic mass is 32.1. The van der Waals surface area contributed by atoms with Crippen LogP contribution in [0.1, 0.15) is 51.2 Å². The molecule has 1 amide bonds. The Morgan fingerprint density at radius 3 is 2.48 bits per heavy atom. The lowest BCUT2D eigenvalue weighted by Gasteiger charge is -2.23. The Morgan fingerprint density at radius 2 is 1.78 bits per heavy atom. The Morgan fingerprint density at radius 1 is 1.07 bits per heavy atom. The summed E-state index contributed by atoms with van der Waals surface area (Å²) in [6.45, 7) is 5.34. The molecular formula is C20H23NO5S. The predicted molar refractivity (Wildman–Crippen MR) is 103 cm³/mol. The van der Waals surface area contributed by atoms with Crippen LogP contribution in [0.5, 0.6) is 11.5 Å². The first kappa shape index (κ1) is 19.2. The van der Waals surface area contributed by atoms with Gasteiger partial charge in [0, 0.05) is 6.42 Å². The first-order valence-electron chi connectivity index (χ1n) is 8.88. The van der Waals surface area contributed by atoms with E-state index >= 15 is 0 Å². The first-order valence-corrected chi connectivity index (χ1v) is 9.70. The van der Waals surface area contributed by atoms with Crippen LogP contribution < -0.4 is 14.8 Å². The summed E-state index contributed by atoms with van der Waals surface area (Å²) in [6.07, 6.45) is 0.843. The maximum Gasteiger partial charge on any atom is 0.348 e. The van der Waals surface area contributed by atoms with Crippen molar-refractivity contribution in [3.05, 3.63) is 45.6 Å². The van der Waals surface area contributed by atoms with Crippen LogP contribution in [0.3, 0.4) is 0 Å². The number of hydrogen-bond donors (Lipinski definition) is 1. The molecule has 1 aliphatic rings. The average molecular weight is 389 g/mol. The molecule has 7 heteroatoms. The SMILES string of the molecule is COC(=O)c1ccc(C(=O)N[C@@H](c2ccc3c(c2)OCCCO3)C(C)C)s1. The zero-order chi connectivity index (χ0) is 19.4. The van der Waals surface area contributed by atoms with Crippen molar-refractivity contribution in [2.75, 3.05) is 20.3 Å². The minimum atomic E-state index is -0.442. The fraction of sp³-hybridized carbons (Fsp3) is 0.400. The number of nitrogens with one attached hydrogen (secondary N) is 1. The number of fused-ring (bicyclic) bond motifs is 1. The number of amides is 1. The quantitative estimate of drug-likeness (QED) is 0.787. The van der Waals surface area contributed by atoms with Crippen molar-refractivity contribution < 1.29 is 23.8 Å². The molecule has 1 aromatic carbocycles. The third-order valence-corrected chi connectivity index (χ3v) is 5.36. The van der Waals surface area contributed by atoms with Crippen molar-refractivity contribution in [3.8, 4) is 11.5 Å². The molecule has 0 fully saturated rings. The van der Waals surface area contributed by atoms with Gasteiger partial charge in [0.2, 0.25) is 0 Å². The first-order chi connectivity index (χ1) is 13.0. The fourth-order valence-corrected chi connectivity index (χ4v) is 3.72. The molecule has 1 atom stereocenters. The van der Waals surface area contributed by atoms with Gasteiger partial charge in [-0.1, -0.05) is 19.9 Å². The van der Waals surface area contributed by atoms with Crippen molar-refractivity contribution in [2.24, 2.45) is 5.92 Å². The van der Waals surface area contributed by atoms with E-state index in [1.165, 1.54) is 7.11 Å². The monoisotopic (exact) mass is 389 g/mol. The maximum atomic E-state index is 12.7. The summed E-state index contributed by atoms with van der Waals surface area (Å²) >= 11 is 1.12. The van der Waals surface area contributed by atoms with E-state index in [1.54, 1.807) is 12.1 Å². The molecule has 1 aliphatic heterocycles. The standard InChI is InChI=1S/C20H23NO5S/c1-12(2)18(13-5-6-14-15(11-13)26-10-4-9-25-14)21-19(22)16-7-8-17(27-16)20(23)24-3/h5-8,11-12,18H,4,9-10H2,1-3H3,(H,21,22)/t18-/m1/s1. The minimum Gasteiger partial charge on any atom is -0.490 e. The number of benzene rings is 1. The zero-order valence-electron chi connectivity index (χ0n) is 15.6. The molecule has 2 heterocycles. The van der Waals surface area contributed by atoms with Crippen LogP contribution in [0.2, 0.25) is 0 Å². The van der Waals surface area contributed by atoms with Crippen LogP contribution in [0.15, 0.2) is 30.3 Å². The summed E-state index contributed by atoms with van der Waals surface area (Å²) in [6, 6.07) is 8.81. The third kappa shape index (κ3) is 4.42. The summed E-state index contributed by atoms with van der Waals surface area (Å²) in [7, 11) is 1.32. The summed E-state index contributed by atoms with van der Waals surface area (Å²) in [5.74, 6) is 0.933. The molecule has 0 saturated heterocycles. The van der Waals surface area contributed by atoms with Crippen molar-refractivity contribution in [3.63, 3.8) is 0 Å². The van der Waals surface area contributed by atoms with Gasteiger partial charge in [-0.05, 0) is 35.7 Å². The van der Waals surface area contributed by atoms with E-state index in [4.69, 9.17) is 14.2 Å². The van der Waals surface area contributed by atoms with E-state index in [1.807, 2.05) is 32.0 Å². The van der Waals surface area contributed by atoms with Crippen LogP contribution in [-0.4, -0.2) is 32.2 Å². The van der Waals surface area contributed by atoms with Gasteiger partial charge in [0.1, 0.15) is 4.88 Å². The lowest BCUT2D eigenvalue weighted by atomic mass is 9.95. The second-order valence-corrected chi connectivity index (χ2v) is 7.69. The minimum absolute atomic E-state index is 0.165. The summed E-state index contributed by atoms with van der Waals surface area (Å²) in [5, 5.41) is 3.06. The van der Waals surface area contributed by atoms with Gasteiger partial charge in [-0.25, -0.2) is 4.79 Å². The number of rotatable bonds is 5. The van der Waals surface area contributed by atoms with Crippen molar-refractivity contribution >= 4 is 23.2 Å². The highest BCUT2D eigenvalue weighted by Gasteiger charge is 2.23. The van der Waals surface area contributed by atoms with Gasteiger partial charge in [-0.15, -0.1) is 11.3 Å². The van der Waals surface area contributed by atoms with Crippen molar-refractivity contribution in [1.29, 1.82) is 0 Å². The molecule has 27 heavy (non-hydrogen) atoms. The molecule has 1 N–H and O–H groups in total. The lowest BCUT2D eigenvalue weighted by Crippen LogP contribution is -2.31. The number of thiophene rings is 1. The Balaban J connectivity index is 1.80. The molecule has 0 unspecified atom stereocenters. The highest BCUT2D eigenvalue weighted by molar-refractivity contribution is 7.15. The molecule has 0 bridgehead atoms. The Kier molecular flexibility index (Phi) is 6.01. The Labute approximate surface area is 162 Å². The van der Waals surface area contributed by atoms with E-state index < -0.39 is 5.97 Å². The summed E-state index contributed by atoms with van der Waals surface area (Å²) in [4.78, 5) is 25.2. The Hall–Kier alpha value is -2.54. The van der Waals surface area contributed by atoms with E-state index in [0.29, 0.717) is 28.7 Å². The molecule has 2 aromatic rings. The number of methoxy groups -OCH3 is 1. The zero-order valence-corrected chi connectivity index (χ0v) is 16.4. The van der Waals surface area contributed by atoms with Gasteiger partial charge >= 0.3 is 5.97 Å². The summed E-state index contributed by atoms with van der Waals surface area (Å²) in [5.41, 5.74) is 0.951. The smallest absolute Gasteiger partial charge is 0.348 e. The van der Waals surface area contributed by atoms with Crippen LogP contribution in [0.25, 0.3) is 0 Å². The van der Waals surface area contributed by atoms with E-state index in [-0.39, 0.29) is 17.9 Å². The predicted octanol–water partition coefficient (Wildman–Crippen LogP) is 3.82. The molecule has 0 aliphatic carbocycles. The maximum absolute atomic E-state index is 12.7. The van der Waals surface area contributed by atoms with Gasteiger partial charge in [0.05, 0.1) is 31.2 Å². The molecule has 6 nitrogen and oxygen atoms in total. The molecule has 144 valence electrons. The highest BCUT2D eigenvalue weighted by Crippen LogP contribution is 2.34. The fourth-order valence-electron chi connectivity index (χ4n) is 2.89. The molecule has 1 aromatic heterocycles. The largest absolute Gasteiger partial charge is 0.490 e. The third-order valence-electron chi connectivity index (χ3n) is 4.30. The number of ether oxygens (including phenoxy) is 3. The molecular weight excluding hydrogens is 366 g/mol.